The number of benzene rings is 3. The Balaban J connectivity index is 1.51. The number of halogens is 2. The number of fused-ring (bicyclic) bond motifs is 1. The zero-order valence-electron chi connectivity index (χ0n) is 18.6. The van der Waals surface area contributed by atoms with Crippen molar-refractivity contribution in [1.29, 1.82) is 5.26 Å². The minimum Gasteiger partial charge on any atom is -0.490 e. The van der Waals surface area contributed by atoms with Crippen LogP contribution in [0.1, 0.15) is 18.1 Å². The first-order valence-corrected chi connectivity index (χ1v) is 11.4. The Kier molecular flexibility index (Phi) is 7.66. The molecule has 0 aromatic heterocycles. The monoisotopic (exact) mass is 510 g/mol. The number of ether oxygens (including phenoxy) is 4. The first kappa shape index (κ1) is 24.3. The van der Waals surface area contributed by atoms with Crippen molar-refractivity contribution in [3.05, 3.63) is 81.3 Å². The third-order valence-corrected chi connectivity index (χ3v) is 5.79. The fourth-order valence-corrected chi connectivity index (χ4v) is 3.65. The Hall–Kier alpha value is -3.86. The molecule has 1 aliphatic heterocycles. The van der Waals surface area contributed by atoms with Crippen molar-refractivity contribution < 1.29 is 23.7 Å². The van der Waals surface area contributed by atoms with Gasteiger partial charge < -0.3 is 24.3 Å². The van der Waals surface area contributed by atoms with E-state index in [2.05, 4.69) is 5.32 Å². The van der Waals surface area contributed by atoms with Crippen LogP contribution in [0.15, 0.2) is 60.2 Å². The van der Waals surface area contributed by atoms with Crippen molar-refractivity contribution >= 4 is 40.9 Å². The Labute approximate surface area is 212 Å². The number of nitriles is 1. The Morgan fingerprint density at radius 3 is 2.71 bits per heavy atom. The second kappa shape index (κ2) is 11.0. The number of amides is 1. The molecular formula is C26H20Cl2N2O5. The van der Waals surface area contributed by atoms with E-state index < -0.39 is 5.91 Å². The summed E-state index contributed by atoms with van der Waals surface area (Å²) in [5, 5.41) is 12.7. The first-order chi connectivity index (χ1) is 17.0. The van der Waals surface area contributed by atoms with E-state index >= 15 is 0 Å². The lowest BCUT2D eigenvalue weighted by atomic mass is 10.1. The van der Waals surface area contributed by atoms with E-state index in [4.69, 9.17) is 42.1 Å². The SMILES string of the molecule is CCOc1cc(/C=C(/C#N)C(=O)Nc2cccc(Cl)c2Cl)ccc1OCc1ccc2c(c1)OCO2. The minimum absolute atomic E-state index is 0.113. The highest BCUT2D eigenvalue weighted by molar-refractivity contribution is 6.44. The van der Waals surface area contributed by atoms with Crippen molar-refractivity contribution in [2.75, 3.05) is 18.7 Å². The lowest BCUT2D eigenvalue weighted by Crippen LogP contribution is -2.13. The molecule has 0 aliphatic carbocycles. The van der Waals surface area contributed by atoms with Crippen LogP contribution in [0.4, 0.5) is 5.69 Å². The second-order valence-corrected chi connectivity index (χ2v) is 8.13. The number of nitrogens with one attached hydrogen (secondary N) is 1. The molecule has 9 heteroatoms. The van der Waals surface area contributed by atoms with Gasteiger partial charge >= 0.3 is 0 Å². The van der Waals surface area contributed by atoms with Crippen LogP contribution in [0.25, 0.3) is 6.08 Å². The van der Waals surface area contributed by atoms with Crippen molar-refractivity contribution in [1.82, 2.24) is 0 Å². The van der Waals surface area contributed by atoms with Crippen LogP contribution in [-0.4, -0.2) is 19.3 Å². The van der Waals surface area contributed by atoms with E-state index in [1.54, 1.807) is 36.4 Å². The van der Waals surface area contributed by atoms with E-state index in [-0.39, 0.29) is 24.0 Å². The van der Waals surface area contributed by atoms with Crippen LogP contribution < -0.4 is 24.3 Å². The molecule has 3 aromatic carbocycles. The largest absolute Gasteiger partial charge is 0.490 e. The summed E-state index contributed by atoms with van der Waals surface area (Å²) in [7, 11) is 0. The Morgan fingerprint density at radius 1 is 1.09 bits per heavy atom. The number of hydrogen-bond acceptors (Lipinski definition) is 6. The number of carbonyl (C=O) groups excluding carboxylic acids is 1. The average Bonchev–Trinajstić information content (AvgIpc) is 3.33. The van der Waals surface area contributed by atoms with E-state index in [1.807, 2.05) is 31.2 Å². The van der Waals surface area contributed by atoms with Crippen molar-refractivity contribution in [2.45, 2.75) is 13.5 Å². The summed E-state index contributed by atoms with van der Waals surface area (Å²) >= 11 is 12.1. The number of rotatable bonds is 8. The molecule has 35 heavy (non-hydrogen) atoms. The molecule has 0 bridgehead atoms. The normalized spacial score (nSPS) is 12.1. The number of anilines is 1. The van der Waals surface area contributed by atoms with Gasteiger partial charge in [-0.1, -0.05) is 41.4 Å². The van der Waals surface area contributed by atoms with Crippen LogP contribution in [-0.2, 0) is 11.4 Å². The van der Waals surface area contributed by atoms with Gasteiger partial charge in [-0.3, -0.25) is 4.79 Å². The highest BCUT2D eigenvalue weighted by Gasteiger charge is 2.15. The second-order valence-electron chi connectivity index (χ2n) is 7.34. The molecule has 3 aromatic rings. The maximum absolute atomic E-state index is 12.7. The van der Waals surface area contributed by atoms with Gasteiger partial charge in [-0.2, -0.15) is 5.26 Å². The lowest BCUT2D eigenvalue weighted by Gasteiger charge is -2.13. The zero-order valence-corrected chi connectivity index (χ0v) is 20.2. The predicted molar refractivity (Wildman–Crippen MR) is 133 cm³/mol. The van der Waals surface area contributed by atoms with Gasteiger partial charge in [0.2, 0.25) is 6.79 Å². The smallest absolute Gasteiger partial charge is 0.266 e. The van der Waals surface area contributed by atoms with Gasteiger partial charge in [0.15, 0.2) is 23.0 Å². The van der Waals surface area contributed by atoms with Crippen LogP contribution in [0, 0.1) is 11.3 Å². The average molecular weight is 511 g/mol. The third kappa shape index (κ3) is 5.80. The van der Waals surface area contributed by atoms with E-state index in [9.17, 15) is 10.1 Å². The van der Waals surface area contributed by atoms with Gasteiger partial charge in [0, 0.05) is 0 Å². The van der Waals surface area contributed by atoms with Crippen molar-refractivity contribution in [3.8, 4) is 29.1 Å². The van der Waals surface area contributed by atoms with Crippen LogP contribution in [0.2, 0.25) is 10.0 Å². The summed E-state index contributed by atoms with van der Waals surface area (Å²) in [4.78, 5) is 12.7. The lowest BCUT2D eigenvalue weighted by molar-refractivity contribution is -0.112. The molecule has 0 saturated carbocycles. The summed E-state index contributed by atoms with van der Waals surface area (Å²) < 4.78 is 22.4. The molecule has 1 amide bonds. The molecular weight excluding hydrogens is 491 g/mol. The van der Waals surface area contributed by atoms with Crippen LogP contribution in [0.5, 0.6) is 23.0 Å². The van der Waals surface area contributed by atoms with Gasteiger partial charge in [0.25, 0.3) is 5.91 Å². The summed E-state index contributed by atoms with van der Waals surface area (Å²) in [6, 6.07) is 17.5. The molecule has 0 unspecified atom stereocenters. The quantitative estimate of drug-likeness (QED) is 0.284. The van der Waals surface area contributed by atoms with E-state index in [0.29, 0.717) is 45.9 Å². The summed E-state index contributed by atoms with van der Waals surface area (Å²) in [5.41, 5.74) is 1.70. The Morgan fingerprint density at radius 2 is 1.91 bits per heavy atom. The van der Waals surface area contributed by atoms with E-state index in [0.717, 1.165) is 5.56 Å². The standard InChI is InChI=1S/C26H20Cl2N2O5/c1-2-32-23-11-16(10-18(13-29)26(31)30-20-5-3-4-19(27)25(20)28)6-8-21(23)33-14-17-7-9-22-24(12-17)35-15-34-22/h3-12H,2,14-15H2,1H3,(H,30,31)/b18-10-. The molecule has 0 radical (unpaired) electrons. The van der Waals surface area contributed by atoms with Crippen LogP contribution in [0.3, 0.4) is 0 Å². The first-order valence-electron chi connectivity index (χ1n) is 10.6. The summed E-state index contributed by atoms with van der Waals surface area (Å²) in [6.07, 6.45) is 1.46. The molecule has 1 heterocycles. The van der Waals surface area contributed by atoms with Crippen molar-refractivity contribution in [2.24, 2.45) is 0 Å². The maximum Gasteiger partial charge on any atom is 0.266 e. The van der Waals surface area contributed by atoms with Crippen LogP contribution >= 0.6 is 23.2 Å². The van der Waals surface area contributed by atoms with Gasteiger partial charge in [-0.25, -0.2) is 0 Å². The number of hydrogen-bond donors (Lipinski definition) is 1. The van der Waals surface area contributed by atoms with Gasteiger partial charge in [-0.05, 0) is 60.5 Å². The highest BCUT2D eigenvalue weighted by Crippen LogP contribution is 2.34. The molecule has 4 rings (SSSR count). The molecule has 1 aliphatic rings. The summed E-state index contributed by atoms with van der Waals surface area (Å²) in [6.45, 7) is 2.76. The Bertz CT molecular complexity index is 1330. The van der Waals surface area contributed by atoms with E-state index in [1.165, 1.54) is 6.08 Å². The zero-order chi connectivity index (χ0) is 24.8. The van der Waals surface area contributed by atoms with Crippen molar-refractivity contribution in [3.63, 3.8) is 0 Å². The number of carbonyl (C=O) groups is 1. The molecule has 0 fully saturated rings. The molecule has 0 spiro atoms. The molecule has 0 saturated heterocycles. The fourth-order valence-electron chi connectivity index (χ4n) is 3.30. The molecule has 1 N–H and O–H groups in total. The number of nitrogens with zero attached hydrogens (tertiary/aromatic N) is 1. The molecule has 0 atom stereocenters. The molecule has 178 valence electrons. The van der Waals surface area contributed by atoms with Gasteiger partial charge in [0.05, 0.1) is 22.3 Å². The molecule has 7 nitrogen and oxygen atoms in total. The highest BCUT2D eigenvalue weighted by atomic mass is 35.5. The predicted octanol–water partition coefficient (Wildman–Crippen LogP) is 6.25. The maximum atomic E-state index is 12.7. The fraction of sp³-hybridized carbons (Fsp3) is 0.154. The minimum atomic E-state index is -0.613. The third-order valence-electron chi connectivity index (χ3n) is 4.97. The van der Waals surface area contributed by atoms with Gasteiger partial charge in [0.1, 0.15) is 18.2 Å². The van der Waals surface area contributed by atoms with Gasteiger partial charge in [-0.15, -0.1) is 0 Å². The summed E-state index contributed by atoms with van der Waals surface area (Å²) in [5.74, 6) is 1.78. The topological polar surface area (TPSA) is 89.8 Å².